The topological polar surface area (TPSA) is 0 Å². The number of halogens is 3. The van der Waals surface area contributed by atoms with Crippen LogP contribution in [0.2, 0.25) is 6.04 Å². The highest BCUT2D eigenvalue weighted by Crippen LogP contribution is 2.15. The number of alkyl halides is 1. The smallest absolute Gasteiger partial charge is 0.268 e. The van der Waals surface area contributed by atoms with Gasteiger partial charge in [-0.3, -0.25) is 8.22 Å². The highest BCUT2D eigenvalue weighted by Gasteiger charge is 2.09. The summed E-state index contributed by atoms with van der Waals surface area (Å²) in [5, 5.41) is 0. The summed E-state index contributed by atoms with van der Waals surface area (Å²) >= 11 is 5.73. The molecule has 1 radical (unpaired) electrons. The minimum absolute atomic E-state index is 0.0707. The van der Waals surface area contributed by atoms with E-state index in [1.165, 1.54) is 0 Å². The van der Waals surface area contributed by atoms with E-state index in [1.54, 1.807) is 0 Å². The average Bonchev–Trinajstić information content (AvgIpc) is 2.18. The van der Waals surface area contributed by atoms with Gasteiger partial charge in [0.1, 0.15) is 0 Å². The van der Waals surface area contributed by atoms with Crippen molar-refractivity contribution in [2.45, 2.75) is 24.8 Å². The molecule has 4 heteroatoms. The molecule has 0 nitrogen and oxygen atoms in total. The van der Waals surface area contributed by atoms with Gasteiger partial charge < -0.3 is 0 Å². The van der Waals surface area contributed by atoms with Gasteiger partial charge in [-0.25, -0.2) is 0 Å². The lowest BCUT2D eigenvalue weighted by Gasteiger charge is -2.05. The van der Waals surface area contributed by atoms with Crippen molar-refractivity contribution >= 4 is 21.1 Å². The Balaban J connectivity index is 2.49. The Hall–Kier alpha value is -0.413. The van der Waals surface area contributed by atoms with Gasteiger partial charge in [0.15, 0.2) is 0 Å². The molecule has 0 unspecified atom stereocenters. The second kappa shape index (κ2) is 6.14. The van der Waals surface area contributed by atoms with Crippen molar-refractivity contribution < 1.29 is 8.22 Å². The van der Waals surface area contributed by atoms with E-state index in [0.29, 0.717) is 18.7 Å². The van der Waals surface area contributed by atoms with E-state index in [-0.39, 0.29) is 6.04 Å². The van der Waals surface area contributed by atoms with Crippen LogP contribution in [-0.4, -0.2) is 9.46 Å². The summed E-state index contributed by atoms with van der Waals surface area (Å²) in [6.07, 6.45) is 1.28. The Morgan fingerprint density at radius 1 is 1.14 bits per heavy atom. The van der Waals surface area contributed by atoms with Crippen LogP contribution in [0.25, 0.3) is 0 Å². The molecule has 0 aliphatic heterocycles. The molecule has 0 aliphatic carbocycles. The first-order valence-electron chi connectivity index (χ1n) is 4.53. The molecule has 1 aromatic carbocycles. The number of aryl methyl sites for hydroxylation is 1. The number of hydrogen-bond acceptors (Lipinski definition) is 0. The Kier molecular flexibility index (Phi) is 5.12. The van der Waals surface area contributed by atoms with Crippen LogP contribution < -0.4 is 0 Å². The summed E-state index contributed by atoms with van der Waals surface area (Å²) in [6, 6.07) is 7.81. The SMILES string of the molecule is F[Si](F)CCCc1ccccc1CCl. The average molecular weight is 234 g/mol. The lowest BCUT2D eigenvalue weighted by molar-refractivity contribution is 0.641. The monoisotopic (exact) mass is 233 g/mol. The number of rotatable bonds is 5. The van der Waals surface area contributed by atoms with Gasteiger partial charge in [-0.15, -0.1) is 11.6 Å². The fourth-order valence-electron chi connectivity index (χ4n) is 1.34. The van der Waals surface area contributed by atoms with Crippen LogP contribution in [0.3, 0.4) is 0 Å². The lowest BCUT2D eigenvalue weighted by atomic mass is 10.0. The summed E-state index contributed by atoms with van der Waals surface area (Å²) in [6.45, 7) is 0. The Morgan fingerprint density at radius 3 is 2.36 bits per heavy atom. The van der Waals surface area contributed by atoms with Crippen molar-refractivity contribution in [2.75, 3.05) is 0 Å². The fraction of sp³-hybridized carbons (Fsp3) is 0.400. The van der Waals surface area contributed by atoms with E-state index in [0.717, 1.165) is 11.1 Å². The third-order valence-corrected chi connectivity index (χ3v) is 3.09. The second-order valence-electron chi connectivity index (χ2n) is 3.09. The first kappa shape index (κ1) is 11.7. The van der Waals surface area contributed by atoms with Gasteiger partial charge in [-0.05, 0) is 24.0 Å². The molecule has 0 amide bonds. The molecular weight excluding hydrogens is 222 g/mol. The molecular formula is C10H12ClF2Si. The maximum absolute atomic E-state index is 12.0. The van der Waals surface area contributed by atoms with Crippen LogP contribution in [-0.2, 0) is 12.3 Å². The van der Waals surface area contributed by atoms with Gasteiger partial charge in [0.2, 0.25) is 0 Å². The van der Waals surface area contributed by atoms with Crippen molar-refractivity contribution in [3.05, 3.63) is 35.4 Å². The molecule has 0 saturated heterocycles. The van der Waals surface area contributed by atoms with Crippen molar-refractivity contribution in [3.63, 3.8) is 0 Å². The van der Waals surface area contributed by atoms with E-state index in [1.807, 2.05) is 24.3 Å². The van der Waals surface area contributed by atoms with Crippen LogP contribution in [0.15, 0.2) is 24.3 Å². The maximum atomic E-state index is 12.0. The van der Waals surface area contributed by atoms with Crippen LogP contribution >= 0.6 is 11.6 Å². The van der Waals surface area contributed by atoms with Gasteiger partial charge in [-0.2, -0.15) is 0 Å². The summed E-state index contributed by atoms with van der Waals surface area (Å²) in [5.41, 5.74) is 2.16. The fourth-order valence-corrected chi connectivity index (χ4v) is 2.05. The minimum Gasteiger partial charge on any atom is -0.268 e. The first-order chi connectivity index (χ1) is 6.74. The van der Waals surface area contributed by atoms with Crippen molar-refractivity contribution in [1.82, 2.24) is 0 Å². The molecule has 1 aromatic rings. The molecule has 0 N–H and O–H groups in total. The molecule has 0 fully saturated rings. The zero-order valence-electron chi connectivity index (χ0n) is 7.77. The molecule has 77 valence electrons. The molecule has 0 aliphatic rings. The van der Waals surface area contributed by atoms with Gasteiger partial charge in [0.05, 0.1) is 0 Å². The van der Waals surface area contributed by atoms with E-state index in [9.17, 15) is 8.22 Å². The van der Waals surface area contributed by atoms with Gasteiger partial charge in [-0.1, -0.05) is 24.3 Å². The van der Waals surface area contributed by atoms with E-state index in [2.05, 4.69) is 0 Å². The van der Waals surface area contributed by atoms with E-state index >= 15 is 0 Å². The largest absolute Gasteiger partial charge is 0.476 e. The van der Waals surface area contributed by atoms with Crippen molar-refractivity contribution in [2.24, 2.45) is 0 Å². The summed E-state index contributed by atoms with van der Waals surface area (Å²) in [5.74, 6) is 0.458. The normalized spacial score (nSPS) is 10.9. The van der Waals surface area contributed by atoms with Crippen LogP contribution in [0.4, 0.5) is 8.22 Å². The second-order valence-corrected chi connectivity index (χ2v) is 4.54. The van der Waals surface area contributed by atoms with E-state index < -0.39 is 9.46 Å². The summed E-state index contributed by atoms with van der Waals surface area (Å²) in [4.78, 5) is 0. The predicted octanol–water partition coefficient (Wildman–Crippen LogP) is 3.79. The summed E-state index contributed by atoms with van der Waals surface area (Å²) in [7, 11) is -3.06. The quantitative estimate of drug-likeness (QED) is 0.413. The third kappa shape index (κ3) is 3.76. The standard InChI is InChI=1S/C10H12ClF2Si/c11-8-10-5-2-1-4-9(10)6-3-7-14(12)13/h1-2,4-5H,3,6-8H2. The maximum Gasteiger partial charge on any atom is 0.476 e. The predicted molar refractivity (Wildman–Crippen MR) is 57.1 cm³/mol. The van der Waals surface area contributed by atoms with E-state index in [4.69, 9.17) is 11.6 Å². The minimum atomic E-state index is -3.06. The van der Waals surface area contributed by atoms with Gasteiger partial charge in [0.25, 0.3) is 0 Å². The van der Waals surface area contributed by atoms with Gasteiger partial charge >= 0.3 is 9.46 Å². The zero-order valence-corrected chi connectivity index (χ0v) is 9.53. The molecule has 1 rings (SSSR count). The zero-order chi connectivity index (χ0) is 10.4. The van der Waals surface area contributed by atoms with Crippen LogP contribution in [0.1, 0.15) is 17.5 Å². The Morgan fingerprint density at radius 2 is 1.79 bits per heavy atom. The number of benzene rings is 1. The highest BCUT2D eigenvalue weighted by molar-refractivity contribution is 6.42. The van der Waals surface area contributed by atoms with Crippen molar-refractivity contribution in [3.8, 4) is 0 Å². The van der Waals surface area contributed by atoms with Crippen LogP contribution in [0.5, 0.6) is 0 Å². The Bertz CT molecular complexity index is 279. The molecule has 0 heterocycles. The molecule has 0 spiro atoms. The molecule has 0 aromatic heterocycles. The highest BCUT2D eigenvalue weighted by atomic mass is 35.5. The Labute approximate surface area is 89.9 Å². The molecule has 0 saturated carbocycles. The lowest BCUT2D eigenvalue weighted by Crippen LogP contribution is -1.98. The third-order valence-electron chi connectivity index (χ3n) is 2.07. The molecule has 0 atom stereocenters. The van der Waals surface area contributed by atoms with Crippen LogP contribution in [0, 0.1) is 0 Å². The molecule has 14 heavy (non-hydrogen) atoms. The number of hydrogen-bond donors (Lipinski definition) is 0. The van der Waals surface area contributed by atoms with Gasteiger partial charge in [0, 0.05) is 11.9 Å². The summed E-state index contributed by atoms with van der Waals surface area (Å²) < 4.78 is 24.0. The first-order valence-corrected chi connectivity index (χ1v) is 6.53. The van der Waals surface area contributed by atoms with Crippen molar-refractivity contribution in [1.29, 1.82) is 0 Å². The molecule has 0 bridgehead atoms.